The predicted molar refractivity (Wildman–Crippen MR) is 161 cm³/mol. The highest BCUT2D eigenvalue weighted by Gasteiger charge is 2.29. The Hall–Kier alpha value is -4.35. The first-order valence-corrected chi connectivity index (χ1v) is 15.8. The predicted octanol–water partition coefficient (Wildman–Crippen LogP) is -0.0764. The molecule has 45 heavy (non-hydrogen) atoms. The number of unbranched alkanes of at least 4 members (excludes halogenated alkanes) is 2. The lowest BCUT2D eigenvalue weighted by molar-refractivity contribution is -0.137. The quantitative estimate of drug-likeness (QED) is 0.0631. The van der Waals surface area contributed by atoms with E-state index in [1.54, 1.807) is 13.8 Å². The fourth-order valence-electron chi connectivity index (χ4n) is 4.44. The Balaban J connectivity index is 2.04. The number of hydrogen-bond donors (Lipinski definition) is 7. The zero-order valence-electron chi connectivity index (χ0n) is 25.1. The van der Waals surface area contributed by atoms with Crippen molar-refractivity contribution in [2.75, 3.05) is 18.4 Å². The second kappa shape index (κ2) is 17.2. The molecule has 0 radical (unpaired) electrons. The summed E-state index contributed by atoms with van der Waals surface area (Å²) in [5.41, 5.74) is 4.94. The van der Waals surface area contributed by atoms with Crippen LogP contribution in [0, 0.1) is 5.92 Å². The van der Waals surface area contributed by atoms with Gasteiger partial charge in [-0.25, -0.2) is 4.79 Å². The van der Waals surface area contributed by atoms with Gasteiger partial charge in [-0.2, -0.15) is 8.42 Å². The van der Waals surface area contributed by atoms with Crippen LogP contribution in [0.5, 0.6) is 0 Å². The highest BCUT2D eigenvalue weighted by Crippen LogP contribution is 2.21. The molecule has 248 valence electrons. The minimum atomic E-state index is -4.72. The average Bonchev–Trinajstić information content (AvgIpc) is 3.28. The molecule has 0 aliphatic carbocycles. The second-order valence-electron chi connectivity index (χ2n) is 10.7. The fourth-order valence-corrected chi connectivity index (χ4v) is 5.18. The van der Waals surface area contributed by atoms with Gasteiger partial charge in [-0.3, -0.25) is 33.4 Å². The summed E-state index contributed by atoms with van der Waals surface area (Å²) in [5.74, 6) is -2.94. The average molecular weight is 653 g/mol. The van der Waals surface area contributed by atoms with Gasteiger partial charge in [0, 0.05) is 37.3 Å². The summed E-state index contributed by atoms with van der Waals surface area (Å²) < 4.78 is 32.9. The molecule has 1 heterocycles. The zero-order chi connectivity index (χ0) is 33.7. The molecule has 1 aromatic carbocycles. The molecule has 16 nitrogen and oxygen atoms in total. The monoisotopic (exact) mass is 652 g/mol. The largest absolute Gasteiger partial charge is 0.392 e. The molecule has 0 fully saturated rings. The van der Waals surface area contributed by atoms with Gasteiger partial charge in [0.1, 0.15) is 17.0 Å². The van der Waals surface area contributed by atoms with E-state index in [2.05, 4.69) is 21.3 Å². The Morgan fingerprint density at radius 3 is 2.20 bits per heavy atom. The summed E-state index contributed by atoms with van der Waals surface area (Å²) in [6, 6.07) is 0.483. The minimum Gasteiger partial charge on any atom is -0.392 e. The smallest absolute Gasteiger partial charge is 0.312 e. The molecule has 1 aliphatic heterocycles. The zero-order valence-corrected chi connectivity index (χ0v) is 25.9. The molecule has 1 aromatic rings. The number of urea groups is 1. The van der Waals surface area contributed by atoms with Gasteiger partial charge in [0.2, 0.25) is 17.7 Å². The van der Waals surface area contributed by atoms with Gasteiger partial charge in [-0.05, 0) is 49.3 Å². The van der Waals surface area contributed by atoms with Gasteiger partial charge < -0.3 is 32.1 Å². The van der Waals surface area contributed by atoms with E-state index in [0.717, 1.165) is 11.0 Å². The lowest BCUT2D eigenvalue weighted by Crippen LogP contribution is -2.54. The maximum Gasteiger partial charge on any atom is 0.312 e. The molecular weight excluding hydrogens is 612 g/mol. The number of anilines is 1. The topological polar surface area (TPSA) is 254 Å². The highest BCUT2D eigenvalue weighted by molar-refractivity contribution is 7.85. The van der Waals surface area contributed by atoms with E-state index < -0.39 is 57.5 Å². The molecule has 0 saturated carbocycles. The van der Waals surface area contributed by atoms with E-state index in [9.17, 15) is 46.8 Å². The summed E-state index contributed by atoms with van der Waals surface area (Å²) in [4.78, 5) is 73.9. The Morgan fingerprint density at radius 2 is 1.62 bits per heavy atom. The molecule has 0 saturated heterocycles. The number of hydrogen-bond acceptors (Lipinski definition) is 9. The third kappa shape index (κ3) is 11.9. The van der Waals surface area contributed by atoms with Crippen LogP contribution in [0.2, 0.25) is 0 Å². The number of carbonyl (C=O) groups excluding carboxylic acids is 6. The number of nitrogens with zero attached hydrogens (tertiary/aromatic N) is 1. The Labute approximate surface area is 260 Å². The number of nitrogens with two attached hydrogens (primary N) is 1. The summed E-state index contributed by atoms with van der Waals surface area (Å²) >= 11 is 0. The standard InChI is InChI=1S/C28H40N6O10S/c1-17(2)25(33-22(36)8-4-3-5-14-34-23(37)11-12-24(34)38)27(40)32-20(7-6-13-30-28(29)41)26(39)31-19-10-9-18(16-35)21(15-19)45(42,43)44/h9-12,15,17,20,25,35H,3-8,13-14,16H2,1-2H3,(H,31,39)(H,32,40)(H,33,36)(H3,29,30,41)(H,42,43,44). The highest BCUT2D eigenvalue weighted by atomic mass is 32.2. The molecule has 0 aromatic heterocycles. The van der Waals surface area contributed by atoms with E-state index in [1.807, 2.05) is 0 Å². The SMILES string of the molecule is CC(C)C(NC(=O)CCCCCN1C(=O)C=CC1=O)C(=O)NC(CCCNC(N)=O)C(=O)Nc1ccc(CO)c(S(=O)(=O)O)c1. The number of aliphatic hydroxyl groups excluding tert-OH is 1. The van der Waals surface area contributed by atoms with Crippen molar-refractivity contribution in [3.8, 4) is 0 Å². The van der Waals surface area contributed by atoms with Crippen LogP contribution in [0.1, 0.15) is 57.9 Å². The number of carbonyl (C=O) groups is 6. The van der Waals surface area contributed by atoms with Crippen LogP contribution in [0.25, 0.3) is 0 Å². The van der Waals surface area contributed by atoms with Crippen molar-refractivity contribution >= 4 is 51.4 Å². The third-order valence-corrected chi connectivity index (χ3v) is 7.77. The van der Waals surface area contributed by atoms with Crippen LogP contribution in [0.3, 0.4) is 0 Å². The first kappa shape index (κ1) is 36.8. The maximum atomic E-state index is 13.3. The molecule has 17 heteroatoms. The first-order valence-electron chi connectivity index (χ1n) is 14.3. The maximum absolute atomic E-state index is 13.3. The molecule has 2 rings (SSSR count). The number of aliphatic hydroxyl groups is 1. The molecule has 7 amide bonds. The van der Waals surface area contributed by atoms with Gasteiger partial charge in [0.25, 0.3) is 21.9 Å². The number of amides is 7. The van der Waals surface area contributed by atoms with Gasteiger partial charge in [-0.1, -0.05) is 26.3 Å². The van der Waals surface area contributed by atoms with Crippen LogP contribution < -0.4 is 27.0 Å². The van der Waals surface area contributed by atoms with Crippen LogP contribution in [0.15, 0.2) is 35.2 Å². The number of benzene rings is 1. The van der Waals surface area contributed by atoms with Crippen LogP contribution >= 0.6 is 0 Å². The number of imide groups is 1. The summed E-state index contributed by atoms with van der Waals surface area (Å²) in [6.45, 7) is 3.05. The first-order chi connectivity index (χ1) is 21.1. The van der Waals surface area contributed by atoms with Crippen molar-refractivity contribution in [1.82, 2.24) is 20.9 Å². The van der Waals surface area contributed by atoms with E-state index >= 15 is 0 Å². The van der Waals surface area contributed by atoms with Gasteiger partial charge in [0.15, 0.2) is 0 Å². The Bertz CT molecular complexity index is 1390. The lowest BCUT2D eigenvalue weighted by Gasteiger charge is -2.25. The van der Waals surface area contributed by atoms with E-state index in [1.165, 1.54) is 24.3 Å². The van der Waals surface area contributed by atoms with Crippen molar-refractivity contribution in [1.29, 1.82) is 0 Å². The van der Waals surface area contributed by atoms with E-state index in [0.29, 0.717) is 19.3 Å². The summed E-state index contributed by atoms with van der Waals surface area (Å²) in [5, 5.41) is 19.5. The van der Waals surface area contributed by atoms with Gasteiger partial charge in [0.05, 0.1) is 6.61 Å². The van der Waals surface area contributed by atoms with Crippen molar-refractivity contribution in [3.05, 3.63) is 35.9 Å². The molecule has 2 atom stereocenters. The van der Waals surface area contributed by atoms with Crippen molar-refractivity contribution < 1.29 is 46.8 Å². The second-order valence-corrected chi connectivity index (χ2v) is 12.1. The van der Waals surface area contributed by atoms with Crippen LogP contribution in [-0.2, 0) is 40.7 Å². The normalized spacial score (nSPS) is 14.3. The van der Waals surface area contributed by atoms with Crippen LogP contribution in [0.4, 0.5) is 10.5 Å². The molecular formula is C28H40N6O10S. The molecule has 2 unspecified atom stereocenters. The molecule has 8 N–H and O–H groups in total. The fraction of sp³-hybridized carbons (Fsp3) is 0.500. The van der Waals surface area contributed by atoms with E-state index in [4.69, 9.17) is 5.73 Å². The van der Waals surface area contributed by atoms with Gasteiger partial charge in [-0.15, -0.1) is 0 Å². The Morgan fingerprint density at radius 1 is 0.956 bits per heavy atom. The summed E-state index contributed by atoms with van der Waals surface area (Å²) in [7, 11) is -4.72. The van der Waals surface area contributed by atoms with Crippen LogP contribution in [-0.4, -0.2) is 83.7 Å². The molecule has 0 bridgehead atoms. The Kier molecular flexibility index (Phi) is 14.1. The number of primary amides is 1. The van der Waals surface area contributed by atoms with Crippen molar-refractivity contribution in [2.24, 2.45) is 11.7 Å². The van der Waals surface area contributed by atoms with Crippen molar-refractivity contribution in [3.63, 3.8) is 0 Å². The molecule has 0 spiro atoms. The third-order valence-electron chi connectivity index (χ3n) is 6.84. The minimum absolute atomic E-state index is 0.0219. The van der Waals surface area contributed by atoms with Crippen molar-refractivity contribution in [2.45, 2.75) is 76.0 Å². The van der Waals surface area contributed by atoms with Gasteiger partial charge >= 0.3 is 6.03 Å². The number of nitrogens with one attached hydrogen (secondary N) is 4. The summed E-state index contributed by atoms with van der Waals surface area (Å²) in [6.07, 6.45) is 4.24. The lowest BCUT2D eigenvalue weighted by atomic mass is 10.0. The molecule has 1 aliphatic rings. The number of rotatable bonds is 18. The van der Waals surface area contributed by atoms with E-state index in [-0.39, 0.29) is 61.3 Å².